The van der Waals surface area contributed by atoms with E-state index in [9.17, 15) is 4.39 Å². The van der Waals surface area contributed by atoms with Crippen molar-refractivity contribution < 1.29 is 4.39 Å². The Hall–Kier alpha value is -0.0451. The van der Waals surface area contributed by atoms with Crippen molar-refractivity contribution in [3.8, 4) is 0 Å². The zero-order valence-electron chi connectivity index (χ0n) is 4.52. The van der Waals surface area contributed by atoms with Gasteiger partial charge in [0, 0.05) is 8.41 Å². The second kappa shape index (κ2) is 5.95. The standard InChI is InChI=1S/C4H10FN.B/c1-2-3-4(5)6;/h4H,2-3,6H2,1H3;. The molecule has 0 aliphatic carbocycles. The number of alkyl halides is 1. The quantitative estimate of drug-likeness (QED) is 0.402. The van der Waals surface area contributed by atoms with Crippen LogP contribution in [0.3, 0.4) is 0 Å². The Labute approximate surface area is 45.7 Å². The van der Waals surface area contributed by atoms with Gasteiger partial charge in [-0.1, -0.05) is 13.3 Å². The van der Waals surface area contributed by atoms with Crippen molar-refractivity contribution in [2.75, 3.05) is 0 Å². The molecule has 0 fully saturated rings. The van der Waals surface area contributed by atoms with Crippen LogP contribution in [0, 0.1) is 0 Å². The minimum atomic E-state index is -1.10. The van der Waals surface area contributed by atoms with E-state index in [4.69, 9.17) is 5.73 Å². The third-order valence-corrected chi connectivity index (χ3v) is 0.564. The highest BCUT2D eigenvalue weighted by Gasteiger charge is 1.90. The average Bonchev–Trinajstić information content (AvgIpc) is 1.35. The largest absolute Gasteiger partial charge is 0.302 e. The van der Waals surface area contributed by atoms with E-state index in [0.717, 1.165) is 6.42 Å². The van der Waals surface area contributed by atoms with Gasteiger partial charge >= 0.3 is 0 Å². The van der Waals surface area contributed by atoms with Gasteiger partial charge < -0.3 is 5.73 Å². The Morgan fingerprint density at radius 2 is 2.14 bits per heavy atom. The SMILES string of the molecule is CCCC(N)F.[B]. The van der Waals surface area contributed by atoms with Gasteiger partial charge in [-0.25, -0.2) is 4.39 Å². The maximum atomic E-state index is 11.5. The monoisotopic (exact) mass is 102 g/mol. The fourth-order valence-corrected chi connectivity index (χ4v) is 0.276. The summed E-state index contributed by atoms with van der Waals surface area (Å²) in [5.74, 6) is 0. The topological polar surface area (TPSA) is 26.0 Å². The fourth-order valence-electron chi connectivity index (χ4n) is 0.276. The fraction of sp³-hybridized carbons (Fsp3) is 1.00. The molecule has 0 rings (SSSR count). The molecule has 0 aromatic carbocycles. The molecule has 41 valence electrons. The Morgan fingerprint density at radius 3 is 2.14 bits per heavy atom. The molecule has 0 aliphatic heterocycles. The number of nitrogens with two attached hydrogens (primary N) is 1. The van der Waals surface area contributed by atoms with Gasteiger partial charge in [0.05, 0.1) is 0 Å². The predicted octanol–water partition coefficient (Wildman–Crippen LogP) is 0.660. The first-order chi connectivity index (χ1) is 2.77. The van der Waals surface area contributed by atoms with E-state index in [1.807, 2.05) is 6.92 Å². The van der Waals surface area contributed by atoms with E-state index in [1.54, 1.807) is 0 Å². The predicted molar refractivity (Wildman–Crippen MR) is 29.7 cm³/mol. The average molecular weight is 102 g/mol. The van der Waals surface area contributed by atoms with Crippen LogP contribution in [0.4, 0.5) is 4.39 Å². The summed E-state index contributed by atoms with van der Waals surface area (Å²) in [7, 11) is 0. The van der Waals surface area contributed by atoms with Crippen molar-refractivity contribution in [3.05, 3.63) is 0 Å². The second-order valence-corrected chi connectivity index (χ2v) is 1.30. The van der Waals surface area contributed by atoms with E-state index in [0.29, 0.717) is 6.42 Å². The molecule has 0 heterocycles. The number of hydrogen-bond donors (Lipinski definition) is 1. The lowest BCUT2D eigenvalue weighted by molar-refractivity contribution is 0.322. The highest BCUT2D eigenvalue weighted by Crippen LogP contribution is 1.90. The van der Waals surface area contributed by atoms with E-state index >= 15 is 0 Å². The Morgan fingerprint density at radius 1 is 1.71 bits per heavy atom. The minimum absolute atomic E-state index is 0. The van der Waals surface area contributed by atoms with Gasteiger partial charge in [0.15, 0.2) is 0 Å². The second-order valence-electron chi connectivity index (χ2n) is 1.30. The molecule has 0 aromatic rings. The molecule has 0 amide bonds. The van der Waals surface area contributed by atoms with Crippen LogP contribution in [-0.2, 0) is 0 Å². The molecule has 3 radical (unpaired) electrons. The van der Waals surface area contributed by atoms with Gasteiger partial charge in [-0.05, 0) is 6.42 Å². The van der Waals surface area contributed by atoms with Crippen LogP contribution < -0.4 is 5.73 Å². The highest BCUT2D eigenvalue weighted by molar-refractivity contribution is 5.75. The first kappa shape index (κ1) is 10.0. The summed E-state index contributed by atoms with van der Waals surface area (Å²) >= 11 is 0. The lowest BCUT2D eigenvalue weighted by atomic mass is 10.3. The summed E-state index contributed by atoms with van der Waals surface area (Å²) in [4.78, 5) is 0. The number of hydrogen-bond acceptors (Lipinski definition) is 1. The van der Waals surface area contributed by atoms with Crippen molar-refractivity contribution in [2.24, 2.45) is 5.73 Å². The molecule has 2 N–H and O–H groups in total. The van der Waals surface area contributed by atoms with Crippen molar-refractivity contribution in [1.82, 2.24) is 0 Å². The third kappa shape index (κ3) is 10.7. The molecular formula is C4H10BFN. The van der Waals surface area contributed by atoms with Crippen molar-refractivity contribution in [3.63, 3.8) is 0 Å². The zero-order valence-corrected chi connectivity index (χ0v) is 4.52. The molecule has 0 aromatic heterocycles. The van der Waals surface area contributed by atoms with Crippen molar-refractivity contribution in [2.45, 2.75) is 26.1 Å². The van der Waals surface area contributed by atoms with Crippen LogP contribution in [0.5, 0.6) is 0 Å². The lowest BCUT2D eigenvalue weighted by Gasteiger charge is -1.92. The summed E-state index contributed by atoms with van der Waals surface area (Å²) in [5, 5.41) is 0. The van der Waals surface area contributed by atoms with Crippen LogP contribution in [0.15, 0.2) is 0 Å². The summed E-state index contributed by atoms with van der Waals surface area (Å²) < 4.78 is 11.5. The van der Waals surface area contributed by atoms with E-state index in [-0.39, 0.29) is 8.41 Å². The van der Waals surface area contributed by atoms with Crippen molar-refractivity contribution >= 4 is 8.41 Å². The molecule has 0 saturated carbocycles. The first-order valence-corrected chi connectivity index (χ1v) is 2.17. The third-order valence-electron chi connectivity index (χ3n) is 0.564. The van der Waals surface area contributed by atoms with Gasteiger partial charge in [0.2, 0.25) is 0 Å². The van der Waals surface area contributed by atoms with Crippen LogP contribution in [0.2, 0.25) is 0 Å². The Balaban J connectivity index is 0. The molecule has 0 aliphatic rings. The molecule has 0 bridgehead atoms. The van der Waals surface area contributed by atoms with Gasteiger partial charge in [-0.15, -0.1) is 0 Å². The van der Waals surface area contributed by atoms with E-state index in [1.165, 1.54) is 0 Å². The molecule has 3 heteroatoms. The summed E-state index contributed by atoms with van der Waals surface area (Å²) in [6.07, 6.45) is 0.215. The van der Waals surface area contributed by atoms with Crippen LogP contribution in [0.1, 0.15) is 19.8 Å². The van der Waals surface area contributed by atoms with Crippen molar-refractivity contribution in [1.29, 1.82) is 0 Å². The molecule has 1 atom stereocenters. The number of rotatable bonds is 2. The molecular weight excluding hydrogens is 91.9 g/mol. The number of halogens is 1. The summed E-state index contributed by atoms with van der Waals surface area (Å²) in [5.41, 5.74) is 4.74. The molecule has 0 spiro atoms. The maximum absolute atomic E-state index is 11.5. The minimum Gasteiger partial charge on any atom is -0.302 e. The maximum Gasteiger partial charge on any atom is 0.148 e. The van der Waals surface area contributed by atoms with Gasteiger partial charge in [0.25, 0.3) is 0 Å². The van der Waals surface area contributed by atoms with Gasteiger partial charge in [0.1, 0.15) is 6.30 Å². The summed E-state index contributed by atoms with van der Waals surface area (Å²) in [6.45, 7) is 1.90. The molecule has 1 nitrogen and oxygen atoms in total. The van der Waals surface area contributed by atoms with Crippen LogP contribution in [0.25, 0.3) is 0 Å². The van der Waals surface area contributed by atoms with Gasteiger partial charge in [-0.2, -0.15) is 0 Å². The first-order valence-electron chi connectivity index (χ1n) is 2.17. The Kier molecular flexibility index (Phi) is 8.55. The molecule has 7 heavy (non-hydrogen) atoms. The normalized spacial score (nSPS) is 12.4. The van der Waals surface area contributed by atoms with Gasteiger partial charge in [-0.3, -0.25) is 0 Å². The van der Waals surface area contributed by atoms with Crippen LogP contribution in [-0.4, -0.2) is 14.7 Å². The zero-order chi connectivity index (χ0) is 4.99. The Bertz CT molecular complexity index is 32.9. The van der Waals surface area contributed by atoms with Crippen LogP contribution >= 0.6 is 0 Å². The van der Waals surface area contributed by atoms with E-state index < -0.39 is 6.30 Å². The van der Waals surface area contributed by atoms with E-state index in [2.05, 4.69) is 0 Å². The lowest BCUT2D eigenvalue weighted by Crippen LogP contribution is -2.11. The highest BCUT2D eigenvalue weighted by atomic mass is 19.1. The summed E-state index contributed by atoms with van der Waals surface area (Å²) in [6, 6.07) is 0. The molecule has 1 unspecified atom stereocenters. The smallest absolute Gasteiger partial charge is 0.148 e. The molecule has 0 saturated heterocycles.